The third kappa shape index (κ3) is 6.59. The van der Waals surface area contributed by atoms with Crippen LogP contribution >= 0.6 is 0 Å². The average molecular weight is 511 g/mol. The quantitative estimate of drug-likeness (QED) is 0.513. The zero-order valence-corrected chi connectivity index (χ0v) is 20.9. The number of carbonyl (C=O) groups is 2. The van der Waals surface area contributed by atoms with Crippen LogP contribution in [0.3, 0.4) is 0 Å². The molecule has 1 aromatic carbocycles. The number of carbonyl (C=O) groups excluding carboxylic acids is 1. The van der Waals surface area contributed by atoms with Crippen molar-refractivity contribution in [2.75, 3.05) is 49.5 Å². The maximum atomic E-state index is 12.6. The number of nitrogens with one attached hydrogen (secondary N) is 1. The van der Waals surface area contributed by atoms with Gasteiger partial charge in [-0.25, -0.2) is 14.6 Å². The molecule has 0 bridgehead atoms. The Labute approximate surface area is 216 Å². The Balaban J connectivity index is 1.07. The topological polar surface area (TPSA) is 120 Å². The van der Waals surface area contributed by atoms with Crippen LogP contribution in [0.4, 0.5) is 21.4 Å². The second-order valence-electron chi connectivity index (χ2n) is 9.84. The molecule has 3 aliphatic rings. The van der Waals surface area contributed by atoms with Crippen LogP contribution in [0.5, 0.6) is 0 Å². The van der Waals surface area contributed by atoms with Gasteiger partial charge in [-0.05, 0) is 37.3 Å². The number of benzene rings is 1. The predicted molar refractivity (Wildman–Crippen MR) is 137 cm³/mol. The molecule has 3 fully saturated rings. The van der Waals surface area contributed by atoms with Crippen LogP contribution in [0, 0.1) is 0 Å². The van der Waals surface area contributed by atoms with E-state index in [0.717, 1.165) is 44.8 Å². The average Bonchev–Trinajstić information content (AvgIpc) is 3.29. The molecular formula is C26H34N6O5. The molecule has 0 saturated carbocycles. The smallest absolute Gasteiger partial charge is 0.450 e. The van der Waals surface area contributed by atoms with Crippen molar-refractivity contribution in [2.45, 2.75) is 50.5 Å². The van der Waals surface area contributed by atoms with E-state index in [9.17, 15) is 9.59 Å². The van der Waals surface area contributed by atoms with Crippen LogP contribution in [0.1, 0.15) is 31.2 Å². The minimum atomic E-state index is -1.22. The number of amides is 1. The van der Waals surface area contributed by atoms with Gasteiger partial charge in [0.1, 0.15) is 18.0 Å². The number of nitrogens with zero attached hydrogens (tertiary/aromatic N) is 5. The van der Waals surface area contributed by atoms with Crippen molar-refractivity contribution in [3.63, 3.8) is 0 Å². The summed E-state index contributed by atoms with van der Waals surface area (Å²) in [7, 11) is 0. The highest BCUT2D eigenvalue weighted by Gasteiger charge is 2.38. The molecule has 1 atom stereocenters. The summed E-state index contributed by atoms with van der Waals surface area (Å²) in [6.07, 6.45) is 2.97. The van der Waals surface area contributed by atoms with Crippen LogP contribution in [-0.2, 0) is 16.0 Å². The monoisotopic (exact) mass is 510 g/mol. The number of carboxylic acid groups (broad SMARTS) is 1. The molecule has 1 unspecified atom stereocenters. The van der Waals surface area contributed by atoms with E-state index in [1.807, 2.05) is 29.2 Å². The number of anilines is 2. The third-order valence-corrected chi connectivity index (χ3v) is 7.33. The largest absolute Gasteiger partial charge is 0.506 e. The fraction of sp³-hybridized carbons (Fsp3) is 0.538. The van der Waals surface area contributed by atoms with Crippen LogP contribution in [0.25, 0.3) is 0 Å². The lowest BCUT2D eigenvalue weighted by atomic mass is 10.0. The molecule has 5 rings (SSSR count). The van der Waals surface area contributed by atoms with E-state index in [1.54, 1.807) is 6.20 Å². The van der Waals surface area contributed by atoms with Crippen LogP contribution in [0.15, 0.2) is 42.6 Å². The first-order valence-corrected chi connectivity index (χ1v) is 13.0. The molecule has 11 heteroatoms. The molecule has 4 heterocycles. The zero-order valence-electron chi connectivity index (χ0n) is 20.9. The fourth-order valence-electron chi connectivity index (χ4n) is 5.37. The summed E-state index contributed by atoms with van der Waals surface area (Å²) >= 11 is 0. The maximum Gasteiger partial charge on any atom is 0.506 e. The number of likely N-dealkylation sites (tertiary alicyclic amines) is 1. The molecule has 11 nitrogen and oxygen atoms in total. The first-order chi connectivity index (χ1) is 18.0. The SMILES string of the molecule is O=C(O)OC1CCN(CC2CN(C3CCN(c4ccnc(NCc5ccccc5)n4)CC3)C(=O)O2)CC1. The van der Waals surface area contributed by atoms with E-state index in [2.05, 4.69) is 32.2 Å². The summed E-state index contributed by atoms with van der Waals surface area (Å²) in [5, 5.41) is 12.1. The van der Waals surface area contributed by atoms with Gasteiger partial charge in [0.2, 0.25) is 5.95 Å². The standard InChI is InChI=1S/C26H34N6O5/c33-25-32(18-22(36-25)17-30-12-9-21(10-13-30)37-26(34)35)20-7-14-31(15-8-20)23-6-11-27-24(29-23)28-16-19-4-2-1-3-5-19/h1-6,11,20-22H,7-10,12-18H2,(H,34,35)(H,27,28,29). The van der Waals surface area contributed by atoms with Crippen molar-refractivity contribution in [3.05, 3.63) is 48.2 Å². The zero-order chi connectivity index (χ0) is 25.6. The minimum Gasteiger partial charge on any atom is -0.450 e. The molecule has 37 heavy (non-hydrogen) atoms. The van der Waals surface area contributed by atoms with Crippen molar-refractivity contribution in [3.8, 4) is 0 Å². The number of rotatable bonds is 8. The Bertz CT molecular complexity index is 1060. The van der Waals surface area contributed by atoms with Crippen molar-refractivity contribution in [2.24, 2.45) is 0 Å². The Morgan fingerprint density at radius 3 is 2.57 bits per heavy atom. The first kappa shape index (κ1) is 25.1. The number of aromatic nitrogens is 2. The number of ether oxygens (including phenoxy) is 2. The van der Waals surface area contributed by atoms with Gasteiger partial charge in [0, 0.05) is 51.5 Å². The van der Waals surface area contributed by atoms with Gasteiger partial charge in [0.25, 0.3) is 0 Å². The Morgan fingerprint density at radius 2 is 1.84 bits per heavy atom. The minimum absolute atomic E-state index is 0.154. The lowest BCUT2D eigenvalue weighted by Gasteiger charge is -2.36. The number of piperidine rings is 2. The molecule has 0 spiro atoms. The van der Waals surface area contributed by atoms with E-state index < -0.39 is 6.16 Å². The maximum absolute atomic E-state index is 12.6. The fourth-order valence-corrected chi connectivity index (χ4v) is 5.37. The van der Waals surface area contributed by atoms with Gasteiger partial charge >= 0.3 is 12.2 Å². The van der Waals surface area contributed by atoms with E-state index in [1.165, 1.54) is 5.56 Å². The van der Waals surface area contributed by atoms with E-state index >= 15 is 0 Å². The molecule has 2 aromatic rings. The summed E-state index contributed by atoms with van der Waals surface area (Å²) in [5.41, 5.74) is 1.17. The Kier molecular flexibility index (Phi) is 7.88. The predicted octanol–water partition coefficient (Wildman–Crippen LogP) is 3.04. The number of cyclic esters (lactones) is 1. The summed E-state index contributed by atoms with van der Waals surface area (Å²) < 4.78 is 10.6. The molecule has 198 valence electrons. The van der Waals surface area contributed by atoms with Crippen molar-refractivity contribution < 1.29 is 24.2 Å². The molecule has 3 aliphatic heterocycles. The summed E-state index contributed by atoms with van der Waals surface area (Å²) in [4.78, 5) is 38.8. The van der Waals surface area contributed by atoms with E-state index in [-0.39, 0.29) is 24.3 Å². The Hall–Kier alpha value is -3.60. The highest BCUT2D eigenvalue weighted by molar-refractivity contribution is 5.70. The van der Waals surface area contributed by atoms with E-state index in [0.29, 0.717) is 38.4 Å². The van der Waals surface area contributed by atoms with Gasteiger partial charge in [0.15, 0.2) is 0 Å². The molecule has 0 aliphatic carbocycles. The highest BCUT2D eigenvalue weighted by atomic mass is 16.7. The van der Waals surface area contributed by atoms with Gasteiger partial charge in [-0.1, -0.05) is 30.3 Å². The lowest BCUT2D eigenvalue weighted by Crippen LogP contribution is -2.46. The molecular weight excluding hydrogens is 476 g/mol. The van der Waals surface area contributed by atoms with Crippen molar-refractivity contribution in [1.29, 1.82) is 0 Å². The first-order valence-electron chi connectivity index (χ1n) is 13.0. The number of hydrogen-bond donors (Lipinski definition) is 2. The van der Waals surface area contributed by atoms with Crippen molar-refractivity contribution >= 4 is 24.0 Å². The second kappa shape index (κ2) is 11.6. The highest BCUT2D eigenvalue weighted by Crippen LogP contribution is 2.26. The van der Waals surface area contributed by atoms with Crippen molar-refractivity contribution in [1.82, 2.24) is 19.8 Å². The van der Waals surface area contributed by atoms with Crippen LogP contribution in [0.2, 0.25) is 0 Å². The third-order valence-electron chi connectivity index (χ3n) is 7.33. The van der Waals surface area contributed by atoms with Gasteiger partial charge < -0.3 is 29.7 Å². The van der Waals surface area contributed by atoms with Crippen LogP contribution in [-0.4, -0.2) is 94.6 Å². The molecule has 3 saturated heterocycles. The molecule has 2 N–H and O–H groups in total. The summed E-state index contributed by atoms with van der Waals surface area (Å²) in [6.45, 7) is 5.03. The molecule has 1 aromatic heterocycles. The van der Waals surface area contributed by atoms with Crippen LogP contribution < -0.4 is 10.2 Å². The summed E-state index contributed by atoms with van der Waals surface area (Å²) in [5.74, 6) is 1.49. The normalized spacial score (nSPS) is 21.6. The van der Waals surface area contributed by atoms with Gasteiger partial charge in [-0.15, -0.1) is 0 Å². The number of hydrogen-bond acceptors (Lipinski definition) is 9. The van der Waals surface area contributed by atoms with E-state index in [4.69, 9.17) is 19.6 Å². The molecule has 1 amide bonds. The summed E-state index contributed by atoms with van der Waals surface area (Å²) in [6, 6.07) is 12.2. The van der Waals surface area contributed by atoms with Gasteiger partial charge in [-0.3, -0.25) is 4.90 Å². The Morgan fingerprint density at radius 1 is 1.08 bits per heavy atom. The van der Waals surface area contributed by atoms with Gasteiger partial charge in [-0.2, -0.15) is 4.98 Å². The second-order valence-corrected chi connectivity index (χ2v) is 9.84. The molecule has 0 radical (unpaired) electrons. The lowest BCUT2D eigenvalue weighted by molar-refractivity contribution is 0.0125. The van der Waals surface area contributed by atoms with Gasteiger partial charge in [0.05, 0.1) is 6.54 Å².